The van der Waals surface area contributed by atoms with Crippen LogP contribution in [-0.2, 0) is 0 Å². The van der Waals surface area contributed by atoms with E-state index < -0.39 is 23.2 Å². The summed E-state index contributed by atoms with van der Waals surface area (Å²) in [5, 5.41) is 0. The van der Waals surface area contributed by atoms with E-state index in [4.69, 9.17) is 0 Å². The Morgan fingerprint density at radius 1 is 1.12 bits per heavy atom. The van der Waals surface area contributed by atoms with Crippen LogP contribution in [0.4, 0.5) is 13.2 Å². The van der Waals surface area contributed by atoms with Crippen molar-refractivity contribution in [2.24, 2.45) is 5.92 Å². The second-order valence-electron chi connectivity index (χ2n) is 4.10. The first-order chi connectivity index (χ1) is 7.41. The Morgan fingerprint density at radius 3 is 2.25 bits per heavy atom. The molecule has 88 valence electrons. The molecule has 0 aliphatic heterocycles. The SMILES string of the molecule is CC(C)CCC(=O)c1cc(F)c(F)cc1F. The highest BCUT2D eigenvalue weighted by molar-refractivity contribution is 5.96. The molecule has 0 spiro atoms. The van der Waals surface area contributed by atoms with E-state index in [1.54, 1.807) is 0 Å². The van der Waals surface area contributed by atoms with Crippen molar-refractivity contribution in [1.82, 2.24) is 0 Å². The van der Waals surface area contributed by atoms with Crippen LogP contribution < -0.4 is 0 Å². The predicted molar refractivity (Wildman–Crippen MR) is 54.7 cm³/mol. The number of benzene rings is 1. The molecule has 1 rings (SSSR count). The summed E-state index contributed by atoms with van der Waals surface area (Å²) in [6.07, 6.45) is 0.733. The molecule has 0 N–H and O–H groups in total. The Kier molecular flexibility index (Phi) is 4.10. The third kappa shape index (κ3) is 3.08. The average Bonchev–Trinajstić information content (AvgIpc) is 2.20. The second kappa shape index (κ2) is 5.14. The number of Topliss-reactive ketones (excluding diaryl/α,β-unsaturated/α-hetero) is 1. The molecule has 0 heterocycles. The molecule has 0 bridgehead atoms. The predicted octanol–water partition coefficient (Wildman–Crippen LogP) is 3.72. The minimum absolute atomic E-state index is 0.139. The number of hydrogen-bond acceptors (Lipinski definition) is 1. The Bertz CT molecular complexity index is 399. The molecule has 0 fully saturated rings. The largest absolute Gasteiger partial charge is 0.294 e. The van der Waals surface area contributed by atoms with E-state index in [0.717, 1.165) is 0 Å². The van der Waals surface area contributed by atoms with Gasteiger partial charge in [-0.15, -0.1) is 0 Å². The van der Waals surface area contributed by atoms with Crippen LogP contribution in [0.3, 0.4) is 0 Å². The van der Waals surface area contributed by atoms with Crippen molar-refractivity contribution < 1.29 is 18.0 Å². The Balaban J connectivity index is 2.87. The molecule has 16 heavy (non-hydrogen) atoms. The lowest BCUT2D eigenvalue weighted by Gasteiger charge is -2.05. The fraction of sp³-hybridized carbons (Fsp3) is 0.417. The molecule has 0 aliphatic rings. The third-order valence-corrected chi connectivity index (χ3v) is 2.26. The minimum atomic E-state index is -1.28. The summed E-state index contributed by atoms with van der Waals surface area (Å²) in [7, 11) is 0. The van der Waals surface area contributed by atoms with Gasteiger partial charge in [0.2, 0.25) is 0 Å². The Labute approximate surface area is 92.3 Å². The van der Waals surface area contributed by atoms with Crippen molar-refractivity contribution in [3.63, 3.8) is 0 Å². The first-order valence-corrected chi connectivity index (χ1v) is 5.09. The maximum atomic E-state index is 13.2. The van der Waals surface area contributed by atoms with Gasteiger partial charge in [-0.25, -0.2) is 13.2 Å². The maximum absolute atomic E-state index is 13.2. The summed E-state index contributed by atoms with van der Waals surface area (Å²) in [5.74, 6) is -3.68. The van der Waals surface area contributed by atoms with E-state index in [9.17, 15) is 18.0 Å². The van der Waals surface area contributed by atoms with Crippen molar-refractivity contribution in [2.45, 2.75) is 26.7 Å². The van der Waals surface area contributed by atoms with Crippen molar-refractivity contribution in [3.05, 3.63) is 35.1 Å². The molecule has 0 amide bonds. The van der Waals surface area contributed by atoms with E-state index in [1.807, 2.05) is 13.8 Å². The molecule has 1 aromatic carbocycles. The minimum Gasteiger partial charge on any atom is -0.294 e. The molecule has 1 nitrogen and oxygen atoms in total. The molecule has 0 aromatic heterocycles. The summed E-state index contributed by atoms with van der Waals surface area (Å²) in [6, 6.07) is 1.02. The van der Waals surface area contributed by atoms with E-state index in [1.165, 1.54) is 0 Å². The van der Waals surface area contributed by atoms with Crippen molar-refractivity contribution in [2.75, 3.05) is 0 Å². The molecule has 0 unspecified atom stereocenters. The summed E-state index contributed by atoms with van der Waals surface area (Å²) < 4.78 is 38.6. The van der Waals surface area contributed by atoms with Gasteiger partial charge in [0.25, 0.3) is 0 Å². The molecule has 4 heteroatoms. The summed E-state index contributed by atoms with van der Waals surface area (Å²) in [6.45, 7) is 3.85. The normalized spacial score (nSPS) is 10.9. The monoisotopic (exact) mass is 230 g/mol. The zero-order chi connectivity index (χ0) is 12.3. The van der Waals surface area contributed by atoms with E-state index >= 15 is 0 Å². The number of carbonyl (C=O) groups is 1. The fourth-order valence-electron chi connectivity index (χ4n) is 1.29. The molecular weight excluding hydrogens is 217 g/mol. The zero-order valence-corrected chi connectivity index (χ0v) is 9.19. The molecule has 0 radical (unpaired) electrons. The van der Waals surface area contributed by atoms with Gasteiger partial charge in [-0.05, 0) is 18.4 Å². The van der Waals surface area contributed by atoms with Crippen LogP contribution >= 0.6 is 0 Å². The average molecular weight is 230 g/mol. The van der Waals surface area contributed by atoms with Gasteiger partial charge in [0.15, 0.2) is 17.4 Å². The highest BCUT2D eigenvalue weighted by Crippen LogP contribution is 2.17. The fourth-order valence-corrected chi connectivity index (χ4v) is 1.29. The molecule has 0 aliphatic carbocycles. The third-order valence-electron chi connectivity index (χ3n) is 2.26. The van der Waals surface area contributed by atoms with Gasteiger partial charge in [0, 0.05) is 12.5 Å². The van der Waals surface area contributed by atoms with Gasteiger partial charge in [0.05, 0.1) is 5.56 Å². The van der Waals surface area contributed by atoms with Crippen LogP contribution in [0.25, 0.3) is 0 Å². The highest BCUT2D eigenvalue weighted by atomic mass is 19.2. The molecule has 0 atom stereocenters. The molecule has 0 saturated heterocycles. The van der Waals surface area contributed by atoms with E-state index in [0.29, 0.717) is 24.5 Å². The molecule has 1 aromatic rings. The summed E-state index contributed by atoms with van der Waals surface area (Å²) in [5.41, 5.74) is -0.375. The van der Waals surface area contributed by atoms with Crippen LogP contribution in [0.15, 0.2) is 12.1 Å². The number of rotatable bonds is 4. The van der Waals surface area contributed by atoms with Crippen LogP contribution in [-0.4, -0.2) is 5.78 Å². The second-order valence-corrected chi connectivity index (χ2v) is 4.10. The van der Waals surface area contributed by atoms with Gasteiger partial charge < -0.3 is 0 Å². The van der Waals surface area contributed by atoms with Gasteiger partial charge in [-0.1, -0.05) is 13.8 Å². The van der Waals surface area contributed by atoms with Crippen LogP contribution in [0, 0.1) is 23.4 Å². The van der Waals surface area contributed by atoms with Gasteiger partial charge in [-0.2, -0.15) is 0 Å². The van der Waals surface area contributed by atoms with Crippen molar-refractivity contribution >= 4 is 5.78 Å². The first kappa shape index (κ1) is 12.7. The number of halogens is 3. The first-order valence-electron chi connectivity index (χ1n) is 5.09. The van der Waals surface area contributed by atoms with Crippen molar-refractivity contribution in [1.29, 1.82) is 0 Å². The highest BCUT2D eigenvalue weighted by Gasteiger charge is 2.16. The van der Waals surface area contributed by atoms with E-state index in [-0.39, 0.29) is 12.0 Å². The van der Waals surface area contributed by atoms with Crippen molar-refractivity contribution in [3.8, 4) is 0 Å². The van der Waals surface area contributed by atoms with Crippen LogP contribution in [0.2, 0.25) is 0 Å². The van der Waals surface area contributed by atoms with Crippen LogP contribution in [0.5, 0.6) is 0 Å². The van der Waals surface area contributed by atoms with Gasteiger partial charge in [0.1, 0.15) is 5.82 Å². The zero-order valence-electron chi connectivity index (χ0n) is 9.19. The van der Waals surface area contributed by atoms with Gasteiger partial charge >= 0.3 is 0 Å². The lowest BCUT2D eigenvalue weighted by molar-refractivity contribution is 0.0971. The summed E-state index contributed by atoms with van der Waals surface area (Å²) >= 11 is 0. The topological polar surface area (TPSA) is 17.1 Å². The lowest BCUT2D eigenvalue weighted by atomic mass is 10.0. The quantitative estimate of drug-likeness (QED) is 0.569. The summed E-state index contributed by atoms with van der Waals surface area (Å²) in [4.78, 5) is 11.5. The Hall–Kier alpha value is -1.32. The molecular formula is C12H13F3O. The Morgan fingerprint density at radius 2 is 1.69 bits per heavy atom. The van der Waals surface area contributed by atoms with Gasteiger partial charge in [-0.3, -0.25) is 4.79 Å². The van der Waals surface area contributed by atoms with E-state index in [2.05, 4.69) is 0 Å². The molecule has 0 saturated carbocycles. The maximum Gasteiger partial charge on any atom is 0.165 e. The smallest absolute Gasteiger partial charge is 0.165 e. The number of hydrogen-bond donors (Lipinski definition) is 0. The standard InChI is InChI=1S/C12H13F3O/c1-7(2)3-4-12(16)8-5-10(14)11(15)6-9(8)13/h5-7H,3-4H2,1-2H3. The van der Waals surface area contributed by atoms with Crippen LogP contribution in [0.1, 0.15) is 37.0 Å². The number of ketones is 1. The number of carbonyl (C=O) groups excluding carboxylic acids is 1. The lowest BCUT2D eigenvalue weighted by Crippen LogP contribution is -2.06.